The summed E-state index contributed by atoms with van der Waals surface area (Å²) in [6, 6.07) is 6.36. The minimum absolute atomic E-state index is 0.546. The van der Waals surface area contributed by atoms with E-state index in [1.165, 1.54) is 11.1 Å². The molecule has 0 saturated heterocycles. The van der Waals surface area contributed by atoms with Gasteiger partial charge >= 0.3 is 0 Å². The number of aryl methyl sites for hydroxylation is 2. The van der Waals surface area contributed by atoms with Crippen molar-refractivity contribution in [2.45, 2.75) is 34.1 Å². The van der Waals surface area contributed by atoms with Crippen molar-refractivity contribution >= 4 is 28.4 Å². The third-order valence-corrected chi connectivity index (χ3v) is 4.20. The Balaban J connectivity index is 2.54. The van der Waals surface area contributed by atoms with Crippen molar-refractivity contribution in [3.8, 4) is 11.4 Å². The van der Waals surface area contributed by atoms with Gasteiger partial charge in [-0.2, -0.15) is 0 Å². The molecule has 0 fully saturated rings. The molecule has 0 spiro atoms. The Bertz CT molecular complexity index is 616. The molecule has 0 bridgehead atoms. The Morgan fingerprint density at radius 1 is 1.10 bits per heavy atom. The van der Waals surface area contributed by atoms with Gasteiger partial charge in [0.15, 0.2) is 5.82 Å². The Morgan fingerprint density at radius 3 is 2.25 bits per heavy atom. The predicted molar refractivity (Wildman–Crippen MR) is 92.6 cm³/mol. The van der Waals surface area contributed by atoms with E-state index >= 15 is 0 Å². The highest BCUT2D eigenvalue weighted by Crippen LogP contribution is 2.25. The Morgan fingerprint density at radius 2 is 1.70 bits per heavy atom. The SMILES string of the molecule is Cc1cc(C)cc(-c2nc(N)c(I)c(CC(C)C)n2)c1. The van der Waals surface area contributed by atoms with Crippen LogP contribution in [0.1, 0.15) is 30.7 Å². The molecule has 1 aromatic carbocycles. The highest BCUT2D eigenvalue weighted by Gasteiger charge is 2.13. The van der Waals surface area contributed by atoms with Gasteiger partial charge in [-0.1, -0.05) is 31.0 Å². The first-order valence-corrected chi connectivity index (χ1v) is 7.85. The number of nitrogen functional groups attached to an aromatic ring is 1. The number of aromatic nitrogens is 2. The second kappa shape index (κ2) is 6.08. The summed E-state index contributed by atoms with van der Waals surface area (Å²) in [7, 11) is 0. The lowest BCUT2D eigenvalue weighted by atomic mass is 10.1. The van der Waals surface area contributed by atoms with Gasteiger partial charge in [-0.15, -0.1) is 0 Å². The number of benzene rings is 1. The van der Waals surface area contributed by atoms with Crippen molar-refractivity contribution in [1.82, 2.24) is 9.97 Å². The molecule has 2 rings (SSSR count). The van der Waals surface area contributed by atoms with E-state index in [4.69, 9.17) is 10.7 Å². The summed E-state index contributed by atoms with van der Waals surface area (Å²) >= 11 is 2.24. The summed E-state index contributed by atoms with van der Waals surface area (Å²) in [6.07, 6.45) is 0.919. The molecule has 3 nitrogen and oxygen atoms in total. The number of nitrogens with two attached hydrogens (primary N) is 1. The van der Waals surface area contributed by atoms with Crippen LogP contribution in [-0.2, 0) is 6.42 Å². The monoisotopic (exact) mass is 381 g/mol. The molecule has 0 saturated carbocycles. The summed E-state index contributed by atoms with van der Waals surface area (Å²) in [5, 5.41) is 0. The molecule has 4 heteroatoms. The van der Waals surface area contributed by atoms with Crippen molar-refractivity contribution in [2.75, 3.05) is 5.73 Å². The summed E-state index contributed by atoms with van der Waals surface area (Å²) in [6.45, 7) is 8.54. The fourth-order valence-corrected chi connectivity index (χ4v) is 2.73. The average molecular weight is 381 g/mol. The van der Waals surface area contributed by atoms with E-state index in [2.05, 4.69) is 73.5 Å². The Hall–Kier alpha value is -1.17. The summed E-state index contributed by atoms with van der Waals surface area (Å²) in [5.41, 5.74) is 10.6. The molecule has 106 valence electrons. The van der Waals surface area contributed by atoms with Crippen LogP contribution < -0.4 is 5.73 Å². The van der Waals surface area contributed by atoms with E-state index in [-0.39, 0.29) is 0 Å². The number of hydrogen-bond donors (Lipinski definition) is 1. The number of halogens is 1. The van der Waals surface area contributed by atoms with Crippen LogP contribution in [0.4, 0.5) is 5.82 Å². The number of rotatable bonds is 3. The fourth-order valence-electron chi connectivity index (χ4n) is 2.27. The van der Waals surface area contributed by atoms with Gasteiger partial charge < -0.3 is 5.73 Å². The third-order valence-electron chi connectivity index (χ3n) is 3.03. The molecule has 0 radical (unpaired) electrons. The smallest absolute Gasteiger partial charge is 0.161 e. The lowest BCUT2D eigenvalue weighted by Gasteiger charge is -2.11. The van der Waals surface area contributed by atoms with E-state index in [0.29, 0.717) is 11.7 Å². The van der Waals surface area contributed by atoms with Crippen LogP contribution in [0.2, 0.25) is 0 Å². The average Bonchev–Trinajstić information content (AvgIpc) is 2.32. The molecule has 0 aliphatic heterocycles. The van der Waals surface area contributed by atoms with Gasteiger partial charge in [-0.05, 0) is 60.9 Å². The van der Waals surface area contributed by atoms with Crippen LogP contribution in [0.15, 0.2) is 18.2 Å². The number of anilines is 1. The van der Waals surface area contributed by atoms with E-state index in [1.807, 2.05) is 0 Å². The molecule has 1 heterocycles. The van der Waals surface area contributed by atoms with E-state index in [0.717, 1.165) is 27.1 Å². The fraction of sp³-hybridized carbons (Fsp3) is 0.375. The zero-order valence-electron chi connectivity index (χ0n) is 12.4. The van der Waals surface area contributed by atoms with Gasteiger partial charge in [0.2, 0.25) is 0 Å². The van der Waals surface area contributed by atoms with Crippen LogP contribution >= 0.6 is 22.6 Å². The van der Waals surface area contributed by atoms with Crippen LogP contribution in [0, 0.1) is 23.3 Å². The molecule has 2 N–H and O–H groups in total. The molecule has 0 aliphatic carbocycles. The number of nitrogens with zero attached hydrogens (tertiary/aromatic N) is 2. The highest BCUT2D eigenvalue weighted by molar-refractivity contribution is 14.1. The van der Waals surface area contributed by atoms with E-state index in [9.17, 15) is 0 Å². The number of hydrogen-bond acceptors (Lipinski definition) is 3. The highest BCUT2D eigenvalue weighted by atomic mass is 127. The Kier molecular flexibility index (Phi) is 4.62. The van der Waals surface area contributed by atoms with E-state index in [1.54, 1.807) is 0 Å². The minimum atomic E-state index is 0.546. The lowest BCUT2D eigenvalue weighted by Crippen LogP contribution is -2.07. The molecule has 1 aromatic heterocycles. The maximum atomic E-state index is 6.05. The zero-order chi connectivity index (χ0) is 14.9. The standard InChI is InChI=1S/C16H20IN3/c1-9(2)5-13-14(17)15(18)20-16(19-13)12-7-10(3)6-11(4)8-12/h6-9H,5H2,1-4H3,(H2,18,19,20). The van der Waals surface area contributed by atoms with Crippen LogP contribution in [-0.4, -0.2) is 9.97 Å². The third kappa shape index (κ3) is 3.48. The van der Waals surface area contributed by atoms with Crippen LogP contribution in [0.5, 0.6) is 0 Å². The summed E-state index contributed by atoms with van der Waals surface area (Å²) in [4.78, 5) is 9.18. The minimum Gasteiger partial charge on any atom is -0.383 e. The van der Waals surface area contributed by atoms with Gasteiger partial charge in [0.1, 0.15) is 5.82 Å². The molecule has 20 heavy (non-hydrogen) atoms. The van der Waals surface area contributed by atoms with Crippen molar-refractivity contribution in [2.24, 2.45) is 5.92 Å². The van der Waals surface area contributed by atoms with Crippen LogP contribution in [0.3, 0.4) is 0 Å². The largest absolute Gasteiger partial charge is 0.383 e. The lowest BCUT2D eigenvalue weighted by molar-refractivity contribution is 0.632. The van der Waals surface area contributed by atoms with Crippen molar-refractivity contribution < 1.29 is 0 Å². The molecule has 0 atom stereocenters. The van der Waals surface area contributed by atoms with Crippen molar-refractivity contribution in [3.63, 3.8) is 0 Å². The Labute approximate surface area is 134 Å². The molecule has 0 unspecified atom stereocenters. The maximum absolute atomic E-state index is 6.05. The second-order valence-corrected chi connectivity index (χ2v) is 6.75. The molecular weight excluding hydrogens is 361 g/mol. The van der Waals surface area contributed by atoms with E-state index < -0.39 is 0 Å². The van der Waals surface area contributed by atoms with Gasteiger partial charge in [-0.25, -0.2) is 9.97 Å². The maximum Gasteiger partial charge on any atom is 0.161 e. The summed E-state index contributed by atoms with van der Waals surface area (Å²) < 4.78 is 0.976. The topological polar surface area (TPSA) is 51.8 Å². The molecule has 0 aliphatic rings. The first-order valence-electron chi connectivity index (χ1n) is 6.77. The first kappa shape index (κ1) is 15.2. The normalized spacial score (nSPS) is 11.1. The summed E-state index contributed by atoms with van der Waals surface area (Å²) in [5.74, 6) is 1.85. The van der Waals surface area contributed by atoms with Gasteiger partial charge in [-0.3, -0.25) is 0 Å². The zero-order valence-corrected chi connectivity index (χ0v) is 14.5. The molecule has 2 aromatic rings. The van der Waals surface area contributed by atoms with Gasteiger partial charge in [0.25, 0.3) is 0 Å². The van der Waals surface area contributed by atoms with Gasteiger partial charge in [0, 0.05) is 5.56 Å². The molecule has 0 amide bonds. The van der Waals surface area contributed by atoms with Gasteiger partial charge in [0.05, 0.1) is 9.26 Å². The molecular formula is C16H20IN3. The van der Waals surface area contributed by atoms with Crippen molar-refractivity contribution in [1.29, 1.82) is 0 Å². The quantitative estimate of drug-likeness (QED) is 0.813. The first-order chi connectivity index (χ1) is 9.36. The predicted octanol–water partition coefficient (Wildman–Crippen LogP) is 4.15. The van der Waals surface area contributed by atoms with Crippen molar-refractivity contribution in [3.05, 3.63) is 38.6 Å². The second-order valence-electron chi connectivity index (χ2n) is 5.67. The van der Waals surface area contributed by atoms with Crippen LogP contribution in [0.25, 0.3) is 11.4 Å².